The standard InChI is InChI=1S/C18H20FNO2/c1-13-9-10-16(19)15(12-13)18(22)20-17(8-5-11-21)14-6-3-2-4-7-14/h2-4,6-7,9-10,12,17,21H,5,8,11H2,1H3,(H,20,22). The Balaban J connectivity index is 2.19. The minimum absolute atomic E-state index is 0.0462. The normalized spacial score (nSPS) is 12.0. The molecule has 0 aliphatic rings. The summed E-state index contributed by atoms with van der Waals surface area (Å²) in [5, 5.41) is 11.9. The second-order valence-corrected chi connectivity index (χ2v) is 5.29. The summed E-state index contributed by atoms with van der Waals surface area (Å²) in [6.45, 7) is 1.87. The smallest absolute Gasteiger partial charge is 0.254 e. The fraction of sp³-hybridized carbons (Fsp3) is 0.278. The number of nitrogens with one attached hydrogen (secondary N) is 1. The number of hydrogen-bond donors (Lipinski definition) is 2. The quantitative estimate of drug-likeness (QED) is 0.859. The van der Waals surface area contributed by atoms with Crippen molar-refractivity contribution in [1.29, 1.82) is 0 Å². The van der Waals surface area contributed by atoms with Gasteiger partial charge in [-0.25, -0.2) is 4.39 Å². The van der Waals surface area contributed by atoms with E-state index in [1.807, 2.05) is 37.3 Å². The number of hydrogen-bond acceptors (Lipinski definition) is 2. The lowest BCUT2D eigenvalue weighted by atomic mass is 10.0. The van der Waals surface area contributed by atoms with Crippen LogP contribution in [0.2, 0.25) is 0 Å². The molecule has 22 heavy (non-hydrogen) atoms. The number of aliphatic hydroxyl groups excluding tert-OH is 1. The van der Waals surface area contributed by atoms with Gasteiger partial charge in [-0.15, -0.1) is 0 Å². The molecule has 0 aliphatic carbocycles. The van der Waals surface area contributed by atoms with E-state index in [4.69, 9.17) is 5.11 Å². The van der Waals surface area contributed by atoms with Gasteiger partial charge in [-0.05, 0) is 37.5 Å². The third-order valence-electron chi connectivity index (χ3n) is 3.52. The van der Waals surface area contributed by atoms with Crippen LogP contribution in [0.1, 0.15) is 40.4 Å². The molecule has 2 rings (SSSR count). The van der Waals surface area contributed by atoms with E-state index in [0.717, 1.165) is 11.1 Å². The molecule has 0 fully saturated rings. The molecular formula is C18H20FNO2. The minimum atomic E-state index is -0.530. The Hall–Kier alpha value is -2.20. The Morgan fingerprint density at radius 2 is 1.95 bits per heavy atom. The maximum atomic E-state index is 13.8. The highest BCUT2D eigenvalue weighted by molar-refractivity contribution is 5.94. The van der Waals surface area contributed by atoms with E-state index in [2.05, 4.69) is 5.32 Å². The molecule has 0 bridgehead atoms. The molecule has 1 amide bonds. The molecule has 0 heterocycles. The maximum absolute atomic E-state index is 13.8. The highest BCUT2D eigenvalue weighted by Gasteiger charge is 2.18. The zero-order chi connectivity index (χ0) is 15.9. The number of carbonyl (C=O) groups excluding carboxylic acids is 1. The summed E-state index contributed by atoms with van der Waals surface area (Å²) < 4.78 is 13.8. The Kier molecular flexibility index (Phi) is 5.67. The molecule has 1 unspecified atom stereocenters. The number of aliphatic hydroxyl groups is 1. The highest BCUT2D eigenvalue weighted by Crippen LogP contribution is 2.20. The summed E-state index contributed by atoms with van der Waals surface area (Å²) >= 11 is 0. The molecule has 0 saturated carbocycles. The van der Waals surface area contributed by atoms with Gasteiger partial charge in [0, 0.05) is 6.61 Å². The van der Waals surface area contributed by atoms with E-state index >= 15 is 0 Å². The fourth-order valence-corrected chi connectivity index (χ4v) is 2.35. The van der Waals surface area contributed by atoms with Gasteiger partial charge < -0.3 is 10.4 Å². The predicted molar refractivity (Wildman–Crippen MR) is 84.1 cm³/mol. The van der Waals surface area contributed by atoms with E-state index in [-0.39, 0.29) is 18.2 Å². The molecule has 0 spiro atoms. The van der Waals surface area contributed by atoms with E-state index in [1.54, 1.807) is 12.1 Å². The van der Waals surface area contributed by atoms with Crippen molar-refractivity contribution < 1.29 is 14.3 Å². The van der Waals surface area contributed by atoms with Crippen LogP contribution < -0.4 is 5.32 Å². The number of rotatable bonds is 6. The van der Waals surface area contributed by atoms with Crippen molar-refractivity contribution in [2.45, 2.75) is 25.8 Å². The van der Waals surface area contributed by atoms with Crippen LogP contribution in [0.5, 0.6) is 0 Å². The van der Waals surface area contributed by atoms with Gasteiger partial charge in [0.05, 0.1) is 11.6 Å². The van der Waals surface area contributed by atoms with Crippen LogP contribution in [-0.4, -0.2) is 17.6 Å². The Bertz CT molecular complexity index is 628. The Labute approximate surface area is 129 Å². The first-order valence-corrected chi connectivity index (χ1v) is 7.34. The molecule has 0 radical (unpaired) electrons. The average molecular weight is 301 g/mol. The first-order chi connectivity index (χ1) is 10.6. The monoisotopic (exact) mass is 301 g/mol. The molecule has 116 valence electrons. The molecule has 0 saturated heterocycles. The van der Waals surface area contributed by atoms with Crippen molar-refractivity contribution in [2.24, 2.45) is 0 Å². The van der Waals surface area contributed by atoms with Gasteiger partial charge in [-0.2, -0.15) is 0 Å². The lowest BCUT2D eigenvalue weighted by Gasteiger charge is -2.19. The maximum Gasteiger partial charge on any atom is 0.254 e. The van der Waals surface area contributed by atoms with E-state index < -0.39 is 11.7 Å². The van der Waals surface area contributed by atoms with Crippen LogP contribution >= 0.6 is 0 Å². The second-order valence-electron chi connectivity index (χ2n) is 5.29. The Morgan fingerprint density at radius 3 is 2.64 bits per heavy atom. The van der Waals surface area contributed by atoms with Crippen molar-refractivity contribution in [3.63, 3.8) is 0 Å². The molecule has 0 aliphatic heterocycles. The van der Waals surface area contributed by atoms with E-state index in [9.17, 15) is 9.18 Å². The largest absolute Gasteiger partial charge is 0.396 e. The number of halogens is 1. The second kappa shape index (κ2) is 7.71. The lowest BCUT2D eigenvalue weighted by Crippen LogP contribution is -2.29. The van der Waals surface area contributed by atoms with Crippen molar-refractivity contribution in [1.82, 2.24) is 5.32 Å². The number of amides is 1. The van der Waals surface area contributed by atoms with E-state index in [1.165, 1.54) is 6.07 Å². The van der Waals surface area contributed by atoms with Crippen LogP contribution in [0.15, 0.2) is 48.5 Å². The predicted octanol–water partition coefficient (Wildman–Crippen LogP) is 3.38. The molecule has 3 nitrogen and oxygen atoms in total. The first-order valence-electron chi connectivity index (χ1n) is 7.34. The fourth-order valence-electron chi connectivity index (χ4n) is 2.35. The Morgan fingerprint density at radius 1 is 1.23 bits per heavy atom. The minimum Gasteiger partial charge on any atom is -0.396 e. The average Bonchev–Trinajstić information content (AvgIpc) is 2.54. The molecule has 2 aromatic carbocycles. The summed E-state index contributed by atoms with van der Waals surface area (Å²) in [6, 6.07) is 13.7. The van der Waals surface area contributed by atoms with Crippen LogP contribution in [-0.2, 0) is 0 Å². The van der Waals surface area contributed by atoms with Crippen molar-refractivity contribution >= 4 is 5.91 Å². The SMILES string of the molecule is Cc1ccc(F)c(C(=O)NC(CCCO)c2ccccc2)c1. The highest BCUT2D eigenvalue weighted by atomic mass is 19.1. The lowest BCUT2D eigenvalue weighted by molar-refractivity contribution is 0.0928. The third kappa shape index (κ3) is 4.15. The van der Waals surface area contributed by atoms with Crippen molar-refractivity contribution in [3.05, 3.63) is 71.0 Å². The van der Waals surface area contributed by atoms with Gasteiger partial charge in [0.25, 0.3) is 5.91 Å². The summed E-state index contributed by atoms with van der Waals surface area (Å²) in [5.74, 6) is -0.968. The topological polar surface area (TPSA) is 49.3 Å². The number of aryl methyl sites for hydroxylation is 1. The van der Waals surface area contributed by atoms with Crippen LogP contribution in [0.4, 0.5) is 4.39 Å². The van der Waals surface area contributed by atoms with Gasteiger partial charge in [-0.1, -0.05) is 42.0 Å². The first kappa shape index (κ1) is 16.2. The van der Waals surface area contributed by atoms with Gasteiger partial charge in [0.1, 0.15) is 5.82 Å². The zero-order valence-electron chi connectivity index (χ0n) is 12.6. The van der Waals surface area contributed by atoms with Crippen LogP contribution in [0, 0.1) is 12.7 Å². The summed E-state index contributed by atoms with van der Waals surface area (Å²) in [5.41, 5.74) is 1.82. The summed E-state index contributed by atoms with van der Waals surface area (Å²) in [7, 11) is 0. The number of benzene rings is 2. The zero-order valence-corrected chi connectivity index (χ0v) is 12.6. The van der Waals surface area contributed by atoms with Crippen molar-refractivity contribution in [3.8, 4) is 0 Å². The molecule has 2 aromatic rings. The molecule has 0 aromatic heterocycles. The van der Waals surface area contributed by atoms with Gasteiger partial charge in [0.2, 0.25) is 0 Å². The van der Waals surface area contributed by atoms with Gasteiger partial charge in [-0.3, -0.25) is 4.79 Å². The molecule has 2 N–H and O–H groups in total. The molecule has 4 heteroatoms. The molecular weight excluding hydrogens is 281 g/mol. The van der Waals surface area contributed by atoms with Gasteiger partial charge in [0.15, 0.2) is 0 Å². The molecule has 1 atom stereocenters. The van der Waals surface area contributed by atoms with Crippen molar-refractivity contribution in [2.75, 3.05) is 6.61 Å². The van der Waals surface area contributed by atoms with Crippen LogP contribution in [0.3, 0.4) is 0 Å². The van der Waals surface area contributed by atoms with Gasteiger partial charge >= 0.3 is 0 Å². The number of carbonyl (C=O) groups is 1. The van der Waals surface area contributed by atoms with E-state index in [0.29, 0.717) is 12.8 Å². The third-order valence-corrected chi connectivity index (χ3v) is 3.52. The summed E-state index contributed by atoms with van der Waals surface area (Å²) in [6.07, 6.45) is 1.16. The summed E-state index contributed by atoms with van der Waals surface area (Å²) in [4.78, 5) is 12.4. The van der Waals surface area contributed by atoms with Crippen LogP contribution in [0.25, 0.3) is 0 Å².